The highest BCUT2D eigenvalue weighted by Crippen LogP contribution is 2.01. The van der Waals surface area contributed by atoms with Gasteiger partial charge < -0.3 is 10.2 Å². The summed E-state index contributed by atoms with van der Waals surface area (Å²) in [5.74, 6) is -1.28. The second-order valence-electron chi connectivity index (χ2n) is 1.66. The van der Waals surface area contributed by atoms with Crippen LogP contribution in [0.5, 0.6) is 0 Å². The molecule has 0 fully saturated rings. The van der Waals surface area contributed by atoms with Crippen molar-refractivity contribution in [2.45, 2.75) is 20.0 Å². The molecular weight excluding hydrogens is 120 g/mol. The zero-order chi connectivity index (χ0) is 6.78. The van der Waals surface area contributed by atoms with Gasteiger partial charge in [-0.25, -0.2) is 4.79 Å². The van der Waals surface area contributed by atoms with Crippen molar-refractivity contribution < 1.29 is 15.0 Å². The van der Waals surface area contributed by atoms with Crippen LogP contribution < -0.4 is 0 Å². The summed E-state index contributed by atoms with van der Waals surface area (Å²) in [4.78, 5) is 9.93. The lowest BCUT2D eigenvalue weighted by atomic mass is 10.1. The number of aliphatic hydroxyl groups is 1. The largest absolute Gasteiger partial charge is 0.479 e. The van der Waals surface area contributed by atoms with Gasteiger partial charge in [0.05, 0.1) is 0 Å². The number of carbonyl (C=O) groups is 1. The Morgan fingerprint density at radius 1 is 1.78 bits per heavy atom. The maximum Gasteiger partial charge on any atom is 0.339 e. The second-order valence-corrected chi connectivity index (χ2v) is 1.66. The average molecular weight is 132 g/mol. The highest BCUT2D eigenvalue weighted by molar-refractivity contribution is 5.78. The molecule has 1 unspecified atom stereocenters. The van der Waals surface area contributed by atoms with Crippen LogP contribution >= 0.6 is 0 Å². The van der Waals surface area contributed by atoms with Gasteiger partial charge in [-0.2, -0.15) is 0 Å². The molecule has 0 radical (unpaired) electrons. The zero-order valence-electron chi connectivity index (χ0n) is 4.59. The number of hydrogen-bond donors (Lipinski definition) is 2. The van der Waals surface area contributed by atoms with Crippen LogP contribution in [0.2, 0.25) is 0 Å². The molecule has 54 valence electrons. The van der Waals surface area contributed by atoms with Crippen LogP contribution in [0.25, 0.3) is 0 Å². The topological polar surface area (TPSA) is 57.5 Å². The van der Waals surface area contributed by atoms with E-state index in [9.17, 15) is 4.79 Å². The molecule has 0 bridgehead atoms. The molecule has 0 amide bonds. The molecule has 0 saturated heterocycles. The number of hydrogen-bond acceptors (Lipinski definition) is 2. The fourth-order valence-electron chi connectivity index (χ4n) is 0.0873. The molecule has 0 aromatic carbocycles. The van der Waals surface area contributed by atoms with E-state index in [-0.39, 0.29) is 7.43 Å². The Kier molecular flexibility index (Phi) is 3.98. The first-order chi connectivity index (χ1) is 3.50. The van der Waals surface area contributed by atoms with E-state index in [1.54, 1.807) is 0 Å². The maximum atomic E-state index is 9.93. The molecule has 0 rings (SSSR count). The van der Waals surface area contributed by atoms with E-state index >= 15 is 0 Å². The summed E-state index contributed by atoms with van der Waals surface area (Å²) in [6, 6.07) is 0. The third-order valence-electron chi connectivity index (χ3n) is 0.830. The van der Waals surface area contributed by atoms with Crippen molar-refractivity contribution in [3.63, 3.8) is 0 Å². The molecule has 0 heterocycles. The highest BCUT2D eigenvalue weighted by atomic mass is 16.4. The number of carboxylic acid groups (broad SMARTS) is 1. The molecule has 3 nitrogen and oxygen atoms in total. The fraction of sp³-hybridized carbons (Fsp3) is 0.500. The van der Waals surface area contributed by atoms with Crippen LogP contribution in [-0.4, -0.2) is 21.8 Å². The van der Waals surface area contributed by atoms with E-state index in [0.717, 1.165) is 13.0 Å². The number of aliphatic carboxylic acids is 1. The van der Waals surface area contributed by atoms with Crippen molar-refractivity contribution in [1.29, 1.82) is 0 Å². The molecule has 0 aliphatic carbocycles. The van der Waals surface area contributed by atoms with Crippen LogP contribution in [0.1, 0.15) is 14.4 Å². The quantitative estimate of drug-likeness (QED) is 0.542. The van der Waals surface area contributed by atoms with Crippen molar-refractivity contribution in [3.8, 4) is 0 Å². The molecule has 9 heavy (non-hydrogen) atoms. The highest BCUT2D eigenvalue weighted by Gasteiger charge is 2.24. The van der Waals surface area contributed by atoms with Gasteiger partial charge in [-0.05, 0) is 13.0 Å². The second kappa shape index (κ2) is 3.25. The molecule has 2 N–H and O–H groups in total. The van der Waals surface area contributed by atoms with Crippen LogP contribution in [0, 0.1) is 0 Å². The van der Waals surface area contributed by atoms with Gasteiger partial charge in [-0.1, -0.05) is 14.0 Å². The Bertz CT molecular complexity index is 115. The van der Waals surface area contributed by atoms with Crippen LogP contribution in [-0.2, 0) is 4.79 Å². The van der Waals surface area contributed by atoms with Gasteiger partial charge in [0.2, 0.25) is 0 Å². The van der Waals surface area contributed by atoms with Crippen LogP contribution in [0.4, 0.5) is 0 Å². The molecule has 1 atom stereocenters. The third kappa shape index (κ3) is 2.87. The molecule has 0 aliphatic heterocycles. The molecule has 0 aromatic heterocycles. The Morgan fingerprint density at radius 3 is 2.11 bits per heavy atom. The predicted molar refractivity (Wildman–Crippen MR) is 35.2 cm³/mol. The summed E-state index contributed by atoms with van der Waals surface area (Å²) >= 11 is 0. The predicted octanol–water partition coefficient (Wildman–Crippen LogP) is 0.644. The van der Waals surface area contributed by atoms with Crippen LogP contribution in [0.3, 0.4) is 0 Å². The molecule has 3 heteroatoms. The lowest BCUT2D eigenvalue weighted by Gasteiger charge is -2.09. The first-order valence-electron chi connectivity index (χ1n) is 2.10. The van der Waals surface area contributed by atoms with Crippen molar-refractivity contribution >= 4 is 5.97 Å². The van der Waals surface area contributed by atoms with Gasteiger partial charge in [0, 0.05) is 0 Å². The summed E-state index contributed by atoms with van der Waals surface area (Å²) in [7, 11) is 0. The fourth-order valence-corrected chi connectivity index (χ4v) is 0.0873. The smallest absolute Gasteiger partial charge is 0.339 e. The van der Waals surface area contributed by atoms with Crippen molar-refractivity contribution in [2.24, 2.45) is 0 Å². The average Bonchev–Trinajstić information content (AvgIpc) is 1.67. The first kappa shape index (κ1) is 11.0. The molecule has 0 saturated carbocycles. The van der Waals surface area contributed by atoms with Crippen molar-refractivity contribution in [3.05, 3.63) is 12.7 Å². The monoisotopic (exact) mass is 132 g/mol. The van der Waals surface area contributed by atoms with Gasteiger partial charge in [0.15, 0.2) is 5.60 Å². The van der Waals surface area contributed by atoms with E-state index in [1.807, 2.05) is 0 Å². The van der Waals surface area contributed by atoms with Gasteiger partial charge in [0.1, 0.15) is 0 Å². The molecule has 0 spiro atoms. The van der Waals surface area contributed by atoms with Gasteiger partial charge in [-0.3, -0.25) is 0 Å². The number of carboxylic acids is 1. The minimum Gasteiger partial charge on any atom is -0.479 e. The lowest BCUT2D eigenvalue weighted by Crippen LogP contribution is -2.31. The summed E-state index contributed by atoms with van der Waals surface area (Å²) in [5.41, 5.74) is -1.78. The minimum atomic E-state index is -1.78. The molecule has 0 aromatic rings. The van der Waals surface area contributed by atoms with Crippen molar-refractivity contribution in [2.75, 3.05) is 0 Å². The lowest BCUT2D eigenvalue weighted by molar-refractivity contribution is -0.151. The Balaban J connectivity index is 0. The van der Waals surface area contributed by atoms with Crippen LogP contribution in [0.15, 0.2) is 12.7 Å². The summed E-state index contributed by atoms with van der Waals surface area (Å²) in [6.45, 7) is 4.28. The standard InChI is InChI=1S/C5H8O3.CH4/c1-3-5(2,8)4(6)7;/h3,8H,1H2,2H3,(H,6,7);1H4. The van der Waals surface area contributed by atoms with E-state index in [0.29, 0.717) is 0 Å². The summed E-state index contributed by atoms with van der Waals surface area (Å²) in [6.07, 6.45) is 0.968. The van der Waals surface area contributed by atoms with E-state index < -0.39 is 11.6 Å². The zero-order valence-corrected chi connectivity index (χ0v) is 4.59. The first-order valence-corrected chi connectivity index (χ1v) is 2.10. The van der Waals surface area contributed by atoms with Gasteiger partial charge in [0.25, 0.3) is 0 Å². The Labute approximate surface area is 54.6 Å². The molecular formula is C6H12O3. The van der Waals surface area contributed by atoms with Gasteiger partial charge in [-0.15, -0.1) is 0 Å². The summed E-state index contributed by atoms with van der Waals surface area (Å²) in [5, 5.41) is 16.8. The number of rotatable bonds is 2. The van der Waals surface area contributed by atoms with Gasteiger partial charge >= 0.3 is 5.97 Å². The molecule has 0 aliphatic rings. The van der Waals surface area contributed by atoms with Crippen molar-refractivity contribution in [1.82, 2.24) is 0 Å². The van der Waals surface area contributed by atoms with E-state index in [4.69, 9.17) is 10.2 Å². The SMILES string of the molecule is C.C=CC(C)(O)C(=O)O. The van der Waals surface area contributed by atoms with E-state index in [2.05, 4.69) is 6.58 Å². The summed E-state index contributed by atoms with van der Waals surface area (Å²) < 4.78 is 0. The minimum absolute atomic E-state index is 0. The maximum absolute atomic E-state index is 9.93. The Morgan fingerprint density at radius 2 is 2.11 bits per heavy atom. The Hall–Kier alpha value is -0.830. The van der Waals surface area contributed by atoms with E-state index in [1.165, 1.54) is 0 Å². The normalized spacial score (nSPS) is 14.9. The third-order valence-corrected chi connectivity index (χ3v) is 0.830.